The topological polar surface area (TPSA) is 69.7 Å². The number of anilines is 1. The zero-order valence-electron chi connectivity index (χ0n) is 11.7. The molecule has 1 heterocycles. The Hall–Kier alpha value is -1.44. The van der Waals surface area contributed by atoms with Crippen LogP contribution in [0.4, 0.5) is 5.69 Å². The van der Waals surface area contributed by atoms with Crippen molar-refractivity contribution in [1.29, 1.82) is 0 Å². The molecule has 1 aromatic carbocycles. The van der Waals surface area contributed by atoms with Crippen molar-refractivity contribution in [1.82, 2.24) is 8.61 Å². The molecule has 1 N–H and O–H groups in total. The lowest BCUT2D eigenvalue weighted by Gasteiger charge is -2.26. The molecule has 0 saturated carbocycles. The second-order valence-corrected chi connectivity index (χ2v) is 6.49. The van der Waals surface area contributed by atoms with Crippen molar-refractivity contribution in [3.05, 3.63) is 29.8 Å². The first kappa shape index (κ1) is 15.0. The SMILES string of the molecule is CCN(CC)S(=O)(=O)N1CC(=O)Nc2ccccc2C1. The first-order valence-electron chi connectivity index (χ1n) is 6.62. The van der Waals surface area contributed by atoms with E-state index in [1.54, 1.807) is 19.9 Å². The van der Waals surface area contributed by atoms with Crippen molar-refractivity contribution in [2.24, 2.45) is 0 Å². The summed E-state index contributed by atoms with van der Waals surface area (Å²) < 4.78 is 27.6. The standard InChI is InChI=1S/C13H19N3O3S/c1-3-15(4-2)20(18,19)16-9-11-7-5-6-8-12(11)14-13(17)10-16/h5-8H,3-4,9-10H2,1-2H3,(H,14,17). The van der Waals surface area contributed by atoms with Crippen molar-refractivity contribution in [2.75, 3.05) is 25.0 Å². The molecule has 0 unspecified atom stereocenters. The Labute approximate surface area is 119 Å². The van der Waals surface area contributed by atoms with E-state index in [0.29, 0.717) is 18.8 Å². The molecule has 20 heavy (non-hydrogen) atoms. The fourth-order valence-electron chi connectivity index (χ4n) is 2.25. The first-order chi connectivity index (χ1) is 9.48. The fourth-order valence-corrected chi connectivity index (χ4v) is 3.81. The zero-order valence-corrected chi connectivity index (χ0v) is 12.5. The number of hydrogen-bond acceptors (Lipinski definition) is 3. The van der Waals surface area contributed by atoms with Crippen LogP contribution in [0.1, 0.15) is 19.4 Å². The van der Waals surface area contributed by atoms with Crippen molar-refractivity contribution in [2.45, 2.75) is 20.4 Å². The Balaban J connectivity index is 2.36. The molecule has 2 rings (SSSR count). The molecule has 0 radical (unpaired) electrons. The van der Waals surface area contributed by atoms with Crippen molar-refractivity contribution >= 4 is 21.8 Å². The number of rotatable bonds is 4. The highest BCUT2D eigenvalue weighted by atomic mass is 32.2. The number of hydrogen-bond donors (Lipinski definition) is 1. The van der Waals surface area contributed by atoms with E-state index in [-0.39, 0.29) is 19.0 Å². The highest BCUT2D eigenvalue weighted by Crippen LogP contribution is 2.23. The van der Waals surface area contributed by atoms with Crippen LogP contribution in [0.15, 0.2) is 24.3 Å². The van der Waals surface area contributed by atoms with Crippen molar-refractivity contribution in [3.8, 4) is 0 Å². The van der Waals surface area contributed by atoms with Gasteiger partial charge in [-0.3, -0.25) is 4.79 Å². The van der Waals surface area contributed by atoms with Gasteiger partial charge < -0.3 is 5.32 Å². The molecular formula is C13H19N3O3S. The monoisotopic (exact) mass is 297 g/mol. The van der Waals surface area contributed by atoms with Gasteiger partial charge >= 0.3 is 0 Å². The molecule has 0 aliphatic carbocycles. The number of amides is 1. The van der Waals surface area contributed by atoms with Gasteiger partial charge in [-0.05, 0) is 11.6 Å². The van der Waals surface area contributed by atoms with Gasteiger partial charge in [0.2, 0.25) is 5.91 Å². The predicted molar refractivity (Wildman–Crippen MR) is 77.3 cm³/mol. The molecule has 1 aliphatic heterocycles. The molecule has 1 aliphatic rings. The normalized spacial score (nSPS) is 16.6. The second kappa shape index (κ2) is 5.90. The minimum absolute atomic E-state index is 0.159. The molecule has 6 nitrogen and oxygen atoms in total. The van der Waals surface area contributed by atoms with E-state index in [9.17, 15) is 13.2 Å². The zero-order chi connectivity index (χ0) is 14.8. The van der Waals surface area contributed by atoms with Crippen molar-refractivity contribution < 1.29 is 13.2 Å². The molecular weight excluding hydrogens is 278 g/mol. The van der Waals surface area contributed by atoms with Gasteiger partial charge in [-0.1, -0.05) is 32.0 Å². The van der Waals surface area contributed by atoms with Crippen LogP contribution in [-0.4, -0.2) is 42.6 Å². The summed E-state index contributed by atoms with van der Waals surface area (Å²) >= 11 is 0. The van der Waals surface area contributed by atoms with Crippen LogP contribution < -0.4 is 5.32 Å². The van der Waals surface area contributed by atoms with E-state index < -0.39 is 10.2 Å². The number of nitrogens with zero attached hydrogens (tertiary/aromatic N) is 2. The van der Waals surface area contributed by atoms with Crippen LogP contribution >= 0.6 is 0 Å². The highest BCUT2D eigenvalue weighted by molar-refractivity contribution is 7.86. The van der Waals surface area contributed by atoms with Crippen LogP contribution in [0, 0.1) is 0 Å². The third-order valence-corrected chi connectivity index (χ3v) is 5.40. The van der Waals surface area contributed by atoms with Gasteiger partial charge in [0.15, 0.2) is 0 Å². The third-order valence-electron chi connectivity index (χ3n) is 3.32. The molecule has 0 aromatic heterocycles. The van der Waals surface area contributed by atoms with E-state index in [2.05, 4.69) is 5.32 Å². The molecule has 0 bridgehead atoms. The summed E-state index contributed by atoms with van der Waals surface area (Å²) in [6, 6.07) is 7.25. The maximum atomic E-state index is 12.5. The quantitative estimate of drug-likeness (QED) is 0.902. The lowest BCUT2D eigenvalue weighted by Crippen LogP contribution is -2.45. The molecule has 1 aromatic rings. The van der Waals surface area contributed by atoms with Gasteiger partial charge in [0, 0.05) is 25.3 Å². The predicted octanol–water partition coefficient (Wildman–Crippen LogP) is 1.03. The number of carbonyl (C=O) groups excluding carboxylic acids is 1. The van der Waals surface area contributed by atoms with Crippen LogP contribution in [0.25, 0.3) is 0 Å². The summed E-state index contributed by atoms with van der Waals surface area (Å²) in [6.07, 6.45) is 0. The van der Waals surface area contributed by atoms with E-state index in [4.69, 9.17) is 0 Å². The van der Waals surface area contributed by atoms with E-state index in [1.807, 2.05) is 18.2 Å². The number of nitrogens with one attached hydrogen (secondary N) is 1. The minimum Gasteiger partial charge on any atom is -0.325 e. The van der Waals surface area contributed by atoms with Crippen LogP contribution in [0.5, 0.6) is 0 Å². The molecule has 110 valence electrons. The lowest BCUT2D eigenvalue weighted by atomic mass is 10.2. The summed E-state index contributed by atoms with van der Waals surface area (Å²) in [4.78, 5) is 11.9. The van der Waals surface area contributed by atoms with Gasteiger partial charge in [-0.25, -0.2) is 0 Å². The van der Waals surface area contributed by atoms with Crippen molar-refractivity contribution in [3.63, 3.8) is 0 Å². The third kappa shape index (κ3) is 2.84. The van der Waals surface area contributed by atoms with Crippen LogP contribution in [0.3, 0.4) is 0 Å². The summed E-state index contributed by atoms with van der Waals surface area (Å²) in [6.45, 7) is 4.39. The summed E-state index contributed by atoms with van der Waals surface area (Å²) in [5, 5.41) is 2.74. The van der Waals surface area contributed by atoms with Crippen LogP contribution in [0.2, 0.25) is 0 Å². The van der Waals surface area contributed by atoms with E-state index in [0.717, 1.165) is 5.56 Å². The number of fused-ring (bicyclic) bond motifs is 1. The lowest BCUT2D eigenvalue weighted by molar-refractivity contribution is -0.116. The summed E-state index contributed by atoms with van der Waals surface area (Å²) in [5.74, 6) is -0.314. The maximum absolute atomic E-state index is 12.5. The largest absolute Gasteiger partial charge is 0.325 e. The Morgan fingerprint density at radius 1 is 1.20 bits per heavy atom. The van der Waals surface area contributed by atoms with Gasteiger partial charge in [0.1, 0.15) is 0 Å². The fraction of sp³-hybridized carbons (Fsp3) is 0.462. The Morgan fingerprint density at radius 2 is 1.85 bits per heavy atom. The first-order valence-corrected chi connectivity index (χ1v) is 8.01. The second-order valence-electron chi connectivity index (χ2n) is 4.57. The van der Waals surface area contributed by atoms with Gasteiger partial charge in [-0.2, -0.15) is 17.0 Å². The minimum atomic E-state index is -3.62. The molecule has 7 heteroatoms. The highest BCUT2D eigenvalue weighted by Gasteiger charge is 2.31. The number of benzene rings is 1. The summed E-state index contributed by atoms with van der Waals surface area (Å²) in [7, 11) is -3.62. The number of para-hydroxylation sites is 1. The van der Waals surface area contributed by atoms with Gasteiger partial charge in [-0.15, -0.1) is 0 Å². The van der Waals surface area contributed by atoms with Gasteiger partial charge in [0.05, 0.1) is 6.54 Å². The molecule has 0 fully saturated rings. The Kier molecular flexibility index (Phi) is 4.42. The molecule has 0 atom stereocenters. The molecule has 0 spiro atoms. The molecule has 1 amide bonds. The smallest absolute Gasteiger partial charge is 0.282 e. The molecule has 0 saturated heterocycles. The average Bonchev–Trinajstić information content (AvgIpc) is 2.58. The Bertz CT molecular complexity index is 597. The van der Waals surface area contributed by atoms with E-state index in [1.165, 1.54) is 8.61 Å². The maximum Gasteiger partial charge on any atom is 0.282 e. The summed E-state index contributed by atoms with van der Waals surface area (Å²) in [5.41, 5.74) is 1.48. The van der Waals surface area contributed by atoms with Gasteiger partial charge in [0.25, 0.3) is 10.2 Å². The van der Waals surface area contributed by atoms with E-state index >= 15 is 0 Å². The van der Waals surface area contributed by atoms with Crippen LogP contribution in [-0.2, 0) is 21.5 Å². The number of carbonyl (C=O) groups is 1. The average molecular weight is 297 g/mol. The Morgan fingerprint density at radius 3 is 2.50 bits per heavy atom.